The van der Waals surface area contributed by atoms with E-state index in [2.05, 4.69) is 29.6 Å². The van der Waals surface area contributed by atoms with Crippen LogP contribution in [0.1, 0.15) is 29.9 Å². The third kappa shape index (κ3) is 2.00. The van der Waals surface area contributed by atoms with Crippen molar-refractivity contribution in [2.45, 2.75) is 31.2 Å². The molecule has 0 amide bonds. The number of fused-ring (bicyclic) bond motifs is 1. The molecule has 0 radical (unpaired) electrons. The molecule has 0 saturated carbocycles. The molecule has 2 heteroatoms. The molecule has 2 unspecified atom stereocenters. The van der Waals surface area contributed by atoms with Crippen molar-refractivity contribution in [3.63, 3.8) is 0 Å². The number of hydrogen-bond donors (Lipinski definition) is 1. The fraction of sp³-hybridized carbons (Fsp3) is 0.571. The van der Waals surface area contributed by atoms with Gasteiger partial charge in [0.25, 0.3) is 0 Å². The molecule has 1 N–H and O–H groups in total. The Morgan fingerprint density at radius 2 is 2.25 bits per heavy atom. The van der Waals surface area contributed by atoms with Crippen molar-refractivity contribution < 1.29 is 4.74 Å². The molecule has 3 rings (SSSR count). The number of ether oxygens (including phenoxy) is 1. The first kappa shape index (κ1) is 10.3. The Hall–Kier alpha value is -0.860. The lowest BCUT2D eigenvalue weighted by atomic mass is 9.77. The molecule has 2 nitrogen and oxygen atoms in total. The normalized spacial score (nSPS) is 28.2. The van der Waals surface area contributed by atoms with Gasteiger partial charge in [0.1, 0.15) is 0 Å². The highest BCUT2D eigenvalue weighted by atomic mass is 16.5. The molecule has 0 spiro atoms. The highest BCUT2D eigenvalue weighted by molar-refractivity contribution is 5.40. The Morgan fingerprint density at radius 3 is 3.06 bits per heavy atom. The maximum absolute atomic E-state index is 5.47. The molecule has 1 aromatic rings. The molecule has 2 aliphatic rings. The zero-order chi connectivity index (χ0) is 10.8. The van der Waals surface area contributed by atoms with Crippen LogP contribution in [0.4, 0.5) is 0 Å². The summed E-state index contributed by atoms with van der Waals surface area (Å²) in [4.78, 5) is 0. The summed E-state index contributed by atoms with van der Waals surface area (Å²) in [6.07, 6.45) is 3.73. The van der Waals surface area contributed by atoms with Crippen LogP contribution in [-0.2, 0) is 11.2 Å². The van der Waals surface area contributed by atoms with E-state index in [1.165, 1.54) is 24.8 Å². The van der Waals surface area contributed by atoms with Gasteiger partial charge in [0.2, 0.25) is 0 Å². The largest absolute Gasteiger partial charge is 0.380 e. The van der Waals surface area contributed by atoms with Crippen molar-refractivity contribution in [1.82, 2.24) is 5.32 Å². The van der Waals surface area contributed by atoms with Gasteiger partial charge in [-0.3, -0.25) is 0 Å². The molecule has 1 aliphatic heterocycles. The molecule has 1 aliphatic carbocycles. The molecular weight excluding hydrogens is 198 g/mol. The third-order valence-electron chi connectivity index (χ3n) is 3.77. The van der Waals surface area contributed by atoms with Gasteiger partial charge in [-0.2, -0.15) is 0 Å². The van der Waals surface area contributed by atoms with E-state index in [0.717, 1.165) is 25.7 Å². The Kier molecular flexibility index (Phi) is 2.94. The van der Waals surface area contributed by atoms with Gasteiger partial charge >= 0.3 is 0 Å². The van der Waals surface area contributed by atoms with Crippen LogP contribution >= 0.6 is 0 Å². The fourth-order valence-corrected chi connectivity index (χ4v) is 2.76. The van der Waals surface area contributed by atoms with Gasteiger partial charge in [-0.1, -0.05) is 24.3 Å². The van der Waals surface area contributed by atoms with Gasteiger partial charge < -0.3 is 10.1 Å². The van der Waals surface area contributed by atoms with E-state index in [1.54, 1.807) is 5.56 Å². The summed E-state index contributed by atoms with van der Waals surface area (Å²) >= 11 is 0. The van der Waals surface area contributed by atoms with Crippen LogP contribution in [0.5, 0.6) is 0 Å². The Morgan fingerprint density at radius 1 is 1.31 bits per heavy atom. The molecule has 1 fully saturated rings. The second-order valence-corrected chi connectivity index (χ2v) is 4.92. The SMILES string of the molecule is c1ccc2c(c1)CC2CNC1CCCOC1. The van der Waals surface area contributed by atoms with Gasteiger partial charge in [-0.15, -0.1) is 0 Å². The van der Waals surface area contributed by atoms with Crippen LogP contribution in [0.2, 0.25) is 0 Å². The van der Waals surface area contributed by atoms with Crippen molar-refractivity contribution in [3.8, 4) is 0 Å². The maximum Gasteiger partial charge on any atom is 0.0619 e. The second kappa shape index (κ2) is 4.56. The first-order chi connectivity index (χ1) is 7.93. The first-order valence-electron chi connectivity index (χ1n) is 6.32. The minimum atomic E-state index is 0.585. The number of rotatable bonds is 3. The number of nitrogens with one attached hydrogen (secondary N) is 1. The van der Waals surface area contributed by atoms with Crippen LogP contribution in [0.3, 0.4) is 0 Å². The van der Waals surface area contributed by atoms with E-state index in [0.29, 0.717) is 6.04 Å². The Bertz CT molecular complexity index is 358. The summed E-state index contributed by atoms with van der Waals surface area (Å²) in [5, 5.41) is 3.64. The molecule has 1 aromatic carbocycles. The third-order valence-corrected chi connectivity index (χ3v) is 3.77. The lowest BCUT2D eigenvalue weighted by Crippen LogP contribution is -2.40. The molecule has 0 aromatic heterocycles. The van der Waals surface area contributed by atoms with Crippen LogP contribution in [0.15, 0.2) is 24.3 Å². The van der Waals surface area contributed by atoms with Gasteiger partial charge in [0.05, 0.1) is 6.61 Å². The average Bonchev–Trinajstić information content (AvgIpc) is 2.32. The molecular formula is C14H19NO. The van der Waals surface area contributed by atoms with Gasteiger partial charge in [-0.25, -0.2) is 0 Å². The first-order valence-corrected chi connectivity index (χ1v) is 6.32. The van der Waals surface area contributed by atoms with E-state index >= 15 is 0 Å². The summed E-state index contributed by atoms with van der Waals surface area (Å²) in [6.45, 7) is 2.96. The van der Waals surface area contributed by atoms with Gasteiger partial charge in [0, 0.05) is 25.1 Å². The zero-order valence-corrected chi connectivity index (χ0v) is 9.61. The van der Waals surface area contributed by atoms with Crippen molar-refractivity contribution in [2.24, 2.45) is 0 Å². The highest BCUT2D eigenvalue weighted by Gasteiger charge is 2.26. The van der Waals surface area contributed by atoms with Crippen LogP contribution in [0.25, 0.3) is 0 Å². The Labute approximate surface area is 97.0 Å². The summed E-state index contributed by atoms with van der Waals surface area (Å²) in [5.41, 5.74) is 3.08. The highest BCUT2D eigenvalue weighted by Crippen LogP contribution is 2.34. The molecule has 0 bridgehead atoms. The second-order valence-electron chi connectivity index (χ2n) is 4.92. The average molecular weight is 217 g/mol. The van der Waals surface area contributed by atoms with Gasteiger partial charge in [-0.05, 0) is 30.4 Å². The van der Waals surface area contributed by atoms with E-state index in [-0.39, 0.29) is 0 Å². The number of hydrogen-bond acceptors (Lipinski definition) is 2. The minimum absolute atomic E-state index is 0.585. The van der Waals surface area contributed by atoms with E-state index < -0.39 is 0 Å². The van der Waals surface area contributed by atoms with Crippen molar-refractivity contribution in [3.05, 3.63) is 35.4 Å². The van der Waals surface area contributed by atoms with Crippen molar-refractivity contribution >= 4 is 0 Å². The summed E-state index contributed by atoms with van der Waals surface area (Å²) < 4.78 is 5.47. The predicted molar refractivity (Wildman–Crippen MR) is 64.7 cm³/mol. The minimum Gasteiger partial charge on any atom is -0.380 e. The number of benzene rings is 1. The fourth-order valence-electron chi connectivity index (χ4n) is 2.76. The van der Waals surface area contributed by atoms with Crippen molar-refractivity contribution in [2.75, 3.05) is 19.8 Å². The molecule has 16 heavy (non-hydrogen) atoms. The topological polar surface area (TPSA) is 21.3 Å². The molecule has 1 saturated heterocycles. The summed E-state index contributed by atoms with van der Waals surface area (Å²) in [5.74, 6) is 0.734. The van der Waals surface area contributed by atoms with E-state index in [4.69, 9.17) is 4.74 Å². The monoisotopic (exact) mass is 217 g/mol. The predicted octanol–water partition coefficient (Wildman–Crippen LogP) is 2.09. The van der Waals surface area contributed by atoms with Crippen LogP contribution in [-0.4, -0.2) is 25.8 Å². The van der Waals surface area contributed by atoms with Crippen LogP contribution in [0, 0.1) is 0 Å². The summed E-state index contributed by atoms with van der Waals surface area (Å²) in [7, 11) is 0. The van der Waals surface area contributed by atoms with Crippen molar-refractivity contribution in [1.29, 1.82) is 0 Å². The van der Waals surface area contributed by atoms with E-state index in [9.17, 15) is 0 Å². The smallest absolute Gasteiger partial charge is 0.0619 e. The summed E-state index contributed by atoms with van der Waals surface area (Å²) in [6, 6.07) is 9.38. The molecule has 2 atom stereocenters. The van der Waals surface area contributed by atoms with E-state index in [1.807, 2.05) is 0 Å². The lowest BCUT2D eigenvalue weighted by Gasteiger charge is -2.32. The maximum atomic E-state index is 5.47. The lowest BCUT2D eigenvalue weighted by molar-refractivity contribution is 0.0698. The zero-order valence-electron chi connectivity index (χ0n) is 9.61. The Balaban J connectivity index is 1.50. The molecule has 1 heterocycles. The molecule has 86 valence electrons. The van der Waals surface area contributed by atoms with Crippen LogP contribution < -0.4 is 5.32 Å². The standard InChI is InChI=1S/C14H19NO/c1-2-6-14-11(4-1)8-12(14)9-15-13-5-3-7-16-10-13/h1-2,4,6,12-13,15H,3,5,7-10H2. The van der Waals surface area contributed by atoms with Gasteiger partial charge in [0.15, 0.2) is 0 Å². The quantitative estimate of drug-likeness (QED) is 0.837.